The standard InChI is InChI=1S/C20H18N2O3S/c23-19-14-4-1-11(17-8-12-5-6-21-9-18(12)26-17)7-16(14)22(13-2-3-13)10-15(19)20(24)25/h1,4,7-8,10,13,21H,2-3,5-6,9H2,(H,24,25). The lowest BCUT2D eigenvalue weighted by Crippen LogP contribution is -2.21. The molecule has 26 heavy (non-hydrogen) atoms. The molecule has 2 N–H and O–H groups in total. The number of pyridine rings is 1. The maximum absolute atomic E-state index is 12.6. The minimum Gasteiger partial charge on any atom is -0.477 e. The van der Waals surface area contributed by atoms with Crippen molar-refractivity contribution >= 4 is 28.2 Å². The maximum atomic E-state index is 12.6. The van der Waals surface area contributed by atoms with Crippen LogP contribution in [0.3, 0.4) is 0 Å². The summed E-state index contributed by atoms with van der Waals surface area (Å²) in [7, 11) is 0. The Balaban J connectivity index is 1.71. The average molecular weight is 366 g/mol. The van der Waals surface area contributed by atoms with Gasteiger partial charge in [0.05, 0.1) is 5.52 Å². The summed E-state index contributed by atoms with van der Waals surface area (Å²) in [4.78, 5) is 26.6. The lowest BCUT2D eigenvalue weighted by Gasteiger charge is -2.12. The van der Waals surface area contributed by atoms with E-state index in [1.54, 1.807) is 17.4 Å². The van der Waals surface area contributed by atoms with E-state index in [0.29, 0.717) is 11.4 Å². The Hall–Kier alpha value is -2.44. The second-order valence-electron chi connectivity index (χ2n) is 7.03. The monoisotopic (exact) mass is 366 g/mol. The molecule has 0 amide bonds. The number of carboxylic acids is 1. The van der Waals surface area contributed by atoms with Gasteiger partial charge in [-0.1, -0.05) is 6.07 Å². The maximum Gasteiger partial charge on any atom is 0.341 e. The van der Waals surface area contributed by atoms with E-state index < -0.39 is 11.4 Å². The van der Waals surface area contributed by atoms with E-state index in [9.17, 15) is 14.7 Å². The van der Waals surface area contributed by atoms with Crippen LogP contribution in [0.4, 0.5) is 0 Å². The van der Waals surface area contributed by atoms with E-state index in [2.05, 4.69) is 11.4 Å². The van der Waals surface area contributed by atoms with E-state index in [1.807, 2.05) is 16.7 Å². The molecule has 1 aromatic carbocycles. The molecule has 1 saturated carbocycles. The van der Waals surface area contributed by atoms with Gasteiger partial charge in [0.1, 0.15) is 5.56 Å². The van der Waals surface area contributed by atoms with Crippen molar-refractivity contribution in [2.24, 2.45) is 0 Å². The predicted octanol–water partition coefficient (Wildman–Crippen LogP) is 3.41. The molecule has 5 rings (SSSR count). The Morgan fingerprint density at radius 1 is 1.27 bits per heavy atom. The minimum absolute atomic E-state index is 0.144. The summed E-state index contributed by atoms with van der Waals surface area (Å²) in [5.74, 6) is -1.16. The van der Waals surface area contributed by atoms with Crippen molar-refractivity contribution in [2.45, 2.75) is 31.8 Å². The fourth-order valence-corrected chi connectivity index (χ4v) is 4.88. The molecule has 1 aliphatic carbocycles. The van der Waals surface area contributed by atoms with Crippen molar-refractivity contribution in [3.63, 3.8) is 0 Å². The van der Waals surface area contributed by atoms with Crippen LogP contribution in [0.15, 0.2) is 35.3 Å². The van der Waals surface area contributed by atoms with E-state index in [4.69, 9.17) is 0 Å². The van der Waals surface area contributed by atoms with Crippen molar-refractivity contribution in [3.05, 3.63) is 56.7 Å². The van der Waals surface area contributed by atoms with Gasteiger partial charge in [0.2, 0.25) is 5.43 Å². The molecule has 0 saturated heterocycles. The van der Waals surface area contributed by atoms with Crippen molar-refractivity contribution in [3.8, 4) is 10.4 Å². The number of aromatic nitrogens is 1. The first kappa shape index (κ1) is 15.8. The molecule has 2 aromatic heterocycles. The molecule has 0 spiro atoms. The van der Waals surface area contributed by atoms with Gasteiger partial charge in [-0.25, -0.2) is 4.79 Å². The number of thiophene rings is 1. The van der Waals surface area contributed by atoms with Crippen LogP contribution >= 0.6 is 11.3 Å². The van der Waals surface area contributed by atoms with E-state index in [-0.39, 0.29) is 5.56 Å². The zero-order valence-electron chi connectivity index (χ0n) is 14.1. The summed E-state index contributed by atoms with van der Waals surface area (Å²) < 4.78 is 1.98. The van der Waals surface area contributed by atoms with Gasteiger partial charge in [0.15, 0.2) is 0 Å². The third kappa shape index (κ3) is 2.48. The third-order valence-corrected chi connectivity index (χ3v) is 6.47. The fourth-order valence-electron chi connectivity index (χ4n) is 3.70. The van der Waals surface area contributed by atoms with Gasteiger partial charge in [-0.3, -0.25) is 4.79 Å². The molecule has 1 fully saturated rings. The van der Waals surface area contributed by atoms with Crippen LogP contribution in [-0.4, -0.2) is 22.2 Å². The summed E-state index contributed by atoms with van der Waals surface area (Å²) in [6, 6.07) is 8.33. The highest BCUT2D eigenvalue weighted by molar-refractivity contribution is 7.15. The number of benzene rings is 1. The van der Waals surface area contributed by atoms with Crippen LogP contribution in [0, 0.1) is 0 Å². The van der Waals surface area contributed by atoms with E-state index >= 15 is 0 Å². The molecule has 3 aromatic rings. The summed E-state index contributed by atoms with van der Waals surface area (Å²) in [6.07, 6.45) is 4.63. The highest BCUT2D eigenvalue weighted by atomic mass is 32.1. The van der Waals surface area contributed by atoms with Crippen molar-refractivity contribution < 1.29 is 9.90 Å². The first-order valence-corrected chi connectivity index (χ1v) is 9.68. The molecule has 0 unspecified atom stereocenters. The Bertz CT molecular complexity index is 1080. The van der Waals surface area contributed by atoms with Crippen molar-refractivity contribution in [1.82, 2.24) is 9.88 Å². The number of nitrogens with one attached hydrogen (secondary N) is 1. The van der Waals surface area contributed by atoms with Gasteiger partial charge < -0.3 is 15.0 Å². The minimum atomic E-state index is -1.16. The first-order valence-electron chi connectivity index (χ1n) is 8.86. The molecule has 0 atom stereocenters. The van der Waals surface area contributed by atoms with E-state index in [1.165, 1.54) is 21.5 Å². The zero-order valence-corrected chi connectivity index (χ0v) is 14.9. The lowest BCUT2D eigenvalue weighted by atomic mass is 10.0. The molecule has 0 radical (unpaired) electrons. The topological polar surface area (TPSA) is 71.3 Å². The number of hydrogen-bond donors (Lipinski definition) is 2. The SMILES string of the molecule is O=C(O)c1cn(C2CC2)c2cc(-c3cc4c(s3)CNCC4)ccc2c1=O. The molecular weight excluding hydrogens is 348 g/mol. The quantitative estimate of drug-likeness (QED) is 0.745. The zero-order chi connectivity index (χ0) is 17.8. The van der Waals surface area contributed by atoms with E-state index in [0.717, 1.165) is 43.4 Å². The predicted molar refractivity (Wildman–Crippen MR) is 102 cm³/mol. The van der Waals surface area contributed by atoms with Crippen molar-refractivity contribution in [1.29, 1.82) is 0 Å². The second kappa shape index (κ2) is 5.79. The van der Waals surface area contributed by atoms with Crippen LogP contribution in [0.25, 0.3) is 21.3 Å². The van der Waals surface area contributed by atoms with Crippen LogP contribution in [0.5, 0.6) is 0 Å². The van der Waals surface area contributed by atoms with Gasteiger partial charge in [-0.2, -0.15) is 0 Å². The Morgan fingerprint density at radius 3 is 2.85 bits per heavy atom. The Morgan fingerprint density at radius 2 is 2.12 bits per heavy atom. The summed E-state index contributed by atoms with van der Waals surface area (Å²) >= 11 is 1.80. The van der Waals surface area contributed by atoms with Gasteiger partial charge in [0.25, 0.3) is 0 Å². The Labute approximate surface area is 153 Å². The van der Waals surface area contributed by atoms with Gasteiger partial charge >= 0.3 is 5.97 Å². The number of aromatic carboxylic acids is 1. The summed E-state index contributed by atoms with van der Waals surface area (Å²) in [6.45, 7) is 1.93. The number of carboxylic acid groups (broad SMARTS) is 1. The number of hydrogen-bond acceptors (Lipinski definition) is 4. The smallest absolute Gasteiger partial charge is 0.341 e. The van der Waals surface area contributed by atoms with Crippen molar-refractivity contribution in [2.75, 3.05) is 6.54 Å². The molecule has 132 valence electrons. The van der Waals surface area contributed by atoms with Crippen LogP contribution in [0.2, 0.25) is 0 Å². The molecular formula is C20H18N2O3S. The van der Waals surface area contributed by atoms with Crippen LogP contribution in [-0.2, 0) is 13.0 Å². The number of rotatable bonds is 3. The second-order valence-corrected chi connectivity index (χ2v) is 8.17. The largest absolute Gasteiger partial charge is 0.477 e. The fraction of sp³-hybridized carbons (Fsp3) is 0.300. The highest BCUT2D eigenvalue weighted by Crippen LogP contribution is 2.39. The number of fused-ring (bicyclic) bond motifs is 2. The van der Waals surface area contributed by atoms with Gasteiger partial charge in [-0.15, -0.1) is 11.3 Å². The summed E-state index contributed by atoms with van der Waals surface area (Å²) in [5, 5.41) is 13.3. The normalized spacial score (nSPS) is 16.6. The van der Waals surface area contributed by atoms with Gasteiger partial charge in [-0.05, 0) is 55.1 Å². The molecule has 5 nitrogen and oxygen atoms in total. The average Bonchev–Trinajstić information content (AvgIpc) is 3.39. The molecule has 3 heterocycles. The van der Waals surface area contributed by atoms with Gasteiger partial charge in [0, 0.05) is 33.9 Å². The molecule has 2 aliphatic rings. The summed E-state index contributed by atoms with van der Waals surface area (Å²) in [5.41, 5.74) is 2.79. The Kier molecular flexibility index (Phi) is 3.52. The first-order chi connectivity index (χ1) is 12.6. The third-order valence-electron chi connectivity index (χ3n) is 5.24. The molecule has 6 heteroatoms. The lowest BCUT2D eigenvalue weighted by molar-refractivity contribution is 0.0695. The molecule has 1 aliphatic heterocycles. The van der Waals surface area contributed by atoms with Crippen LogP contribution in [0.1, 0.15) is 39.7 Å². The molecule has 0 bridgehead atoms. The van der Waals surface area contributed by atoms with Crippen LogP contribution < -0.4 is 10.7 Å². The highest BCUT2D eigenvalue weighted by Gasteiger charge is 2.27. The number of nitrogens with zero attached hydrogens (tertiary/aromatic N) is 1. The number of carbonyl (C=O) groups is 1.